The van der Waals surface area contributed by atoms with E-state index in [1.54, 1.807) is 6.07 Å². The maximum Gasteiger partial charge on any atom is 0.224 e. The fourth-order valence-electron chi connectivity index (χ4n) is 2.52. The van der Waals surface area contributed by atoms with Crippen LogP contribution in [0.4, 0.5) is 21.8 Å². The summed E-state index contributed by atoms with van der Waals surface area (Å²) in [6, 6.07) is 6.22. The van der Waals surface area contributed by atoms with E-state index in [9.17, 15) is 4.39 Å². The SMILES string of the molecule is CN(C)CCCNc1nc(Nc2ccc(F)cc2Cl)cc(C2CC2)n1. The molecule has 1 aromatic carbocycles. The molecule has 1 fully saturated rings. The van der Waals surface area contributed by atoms with Crippen LogP contribution in [-0.4, -0.2) is 42.1 Å². The highest BCUT2D eigenvalue weighted by atomic mass is 35.5. The molecule has 7 heteroatoms. The van der Waals surface area contributed by atoms with Gasteiger partial charge in [-0.05, 0) is 58.1 Å². The summed E-state index contributed by atoms with van der Waals surface area (Å²) in [5.41, 5.74) is 1.66. The Morgan fingerprint density at radius 1 is 1.24 bits per heavy atom. The van der Waals surface area contributed by atoms with E-state index >= 15 is 0 Å². The summed E-state index contributed by atoms with van der Waals surface area (Å²) in [5, 5.41) is 6.79. The first kappa shape index (κ1) is 17.9. The molecule has 2 aromatic rings. The van der Waals surface area contributed by atoms with Gasteiger partial charge in [-0.15, -0.1) is 0 Å². The first-order valence-electron chi connectivity index (χ1n) is 8.51. The second-order valence-electron chi connectivity index (χ2n) is 6.61. The molecule has 0 aliphatic heterocycles. The molecule has 1 aromatic heterocycles. The molecule has 0 atom stereocenters. The fourth-order valence-corrected chi connectivity index (χ4v) is 2.74. The Balaban J connectivity index is 1.73. The average Bonchev–Trinajstić information content (AvgIpc) is 3.39. The van der Waals surface area contributed by atoms with Crippen molar-refractivity contribution in [3.63, 3.8) is 0 Å². The van der Waals surface area contributed by atoms with Gasteiger partial charge in [0.05, 0.1) is 16.4 Å². The third kappa shape index (κ3) is 5.28. The topological polar surface area (TPSA) is 53.1 Å². The van der Waals surface area contributed by atoms with E-state index < -0.39 is 0 Å². The summed E-state index contributed by atoms with van der Waals surface area (Å²) in [4.78, 5) is 11.3. The van der Waals surface area contributed by atoms with Crippen molar-refractivity contribution in [3.8, 4) is 0 Å². The number of benzene rings is 1. The van der Waals surface area contributed by atoms with Gasteiger partial charge < -0.3 is 15.5 Å². The molecule has 0 unspecified atom stereocenters. The predicted octanol–water partition coefficient (Wildman–Crippen LogP) is 4.25. The van der Waals surface area contributed by atoms with Crippen LogP contribution in [0, 0.1) is 5.82 Å². The number of rotatable bonds is 8. The predicted molar refractivity (Wildman–Crippen MR) is 100 cm³/mol. The molecule has 1 saturated carbocycles. The van der Waals surface area contributed by atoms with Crippen molar-refractivity contribution in [3.05, 3.63) is 40.8 Å². The molecule has 25 heavy (non-hydrogen) atoms. The number of anilines is 3. The van der Waals surface area contributed by atoms with Crippen molar-refractivity contribution >= 4 is 29.1 Å². The molecule has 5 nitrogen and oxygen atoms in total. The van der Waals surface area contributed by atoms with E-state index in [4.69, 9.17) is 11.6 Å². The minimum Gasteiger partial charge on any atom is -0.354 e. The molecule has 3 rings (SSSR count). The largest absolute Gasteiger partial charge is 0.354 e. The lowest BCUT2D eigenvalue weighted by Gasteiger charge is -2.13. The third-order valence-corrected chi connectivity index (χ3v) is 4.31. The van der Waals surface area contributed by atoms with Gasteiger partial charge in [-0.2, -0.15) is 4.98 Å². The van der Waals surface area contributed by atoms with E-state index in [0.29, 0.717) is 28.4 Å². The molecule has 1 aliphatic rings. The Hall–Kier alpha value is -1.92. The van der Waals surface area contributed by atoms with Crippen LogP contribution in [0.2, 0.25) is 5.02 Å². The van der Waals surface area contributed by atoms with Crippen LogP contribution in [0.5, 0.6) is 0 Å². The highest BCUT2D eigenvalue weighted by molar-refractivity contribution is 6.33. The summed E-state index contributed by atoms with van der Waals surface area (Å²) in [6.45, 7) is 1.81. The summed E-state index contributed by atoms with van der Waals surface area (Å²) in [7, 11) is 4.11. The summed E-state index contributed by atoms with van der Waals surface area (Å²) in [6.07, 6.45) is 3.33. The van der Waals surface area contributed by atoms with E-state index in [2.05, 4.69) is 39.6 Å². The van der Waals surface area contributed by atoms with E-state index in [-0.39, 0.29) is 5.82 Å². The van der Waals surface area contributed by atoms with Gasteiger partial charge in [-0.3, -0.25) is 0 Å². The summed E-state index contributed by atoms with van der Waals surface area (Å²) in [5.74, 6) is 1.43. The number of hydrogen-bond donors (Lipinski definition) is 2. The van der Waals surface area contributed by atoms with E-state index in [0.717, 1.165) is 38.0 Å². The Labute approximate surface area is 152 Å². The molecule has 0 saturated heterocycles. The normalized spacial score (nSPS) is 14.0. The highest BCUT2D eigenvalue weighted by Gasteiger charge is 2.26. The van der Waals surface area contributed by atoms with Crippen LogP contribution in [0.3, 0.4) is 0 Å². The molecular formula is C18H23ClFN5. The van der Waals surface area contributed by atoms with Crippen molar-refractivity contribution in [1.82, 2.24) is 14.9 Å². The Morgan fingerprint density at radius 3 is 2.72 bits per heavy atom. The van der Waals surface area contributed by atoms with Gasteiger partial charge in [0.15, 0.2) is 0 Å². The molecule has 2 N–H and O–H groups in total. The molecule has 1 heterocycles. The maximum absolute atomic E-state index is 13.2. The van der Waals surface area contributed by atoms with Gasteiger partial charge in [0.2, 0.25) is 5.95 Å². The van der Waals surface area contributed by atoms with Crippen molar-refractivity contribution < 1.29 is 4.39 Å². The lowest BCUT2D eigenvalue weighted by atomic mass is 10.2. The number of hydrogen-bond acceptors (Lipinski definition) is 5. The quantitative estimate of drug-likeness (QED) is 0.686. The number of aromatic nitrogens is 2. The maximum atomic E-state index is 13.2. The van der Waals surface area contributed by atoms with Crippen LogP contribution in [0.25, 0.3) is 0 Å². The monoisotopic (exact) mass is 363 g/mol. The fraction of sp³-hybridized carbons (Fsp3) is 0.444. The number of nitrogens with zero attached hydrogens (tertiary/aromatic N) is 3. The second-order valence-corrected chi connectivity index (χ2v) is 7.02. The lowest BCUT2D eigenvalue weighted by molar-refractivity contribution is 0.405. The second kappa shape index (κ2) is 7.97. The van der Waals surface area contributed by atoms with Crippen LogP contribution in [-0.2, 0) is 0 Å². The third-order valence-electron chi connectivity index (χ3n) is 4.00. The first-order chi connectivity index (χ1) is 12.0. The average molecular weight is 364 g/mol. The van der Waals surface area contributed by atoms with Crippen LogP contribution in [0.15, 0.2) is 24.3 Å². The Morgan fingerprint density at radius 2 is 2.04 bits per heavy atom. The number of halogens is 2. The van der Waals surface area contributed by atoms with Gasteiger partial charge in [0.1, 0.15) is 11.6 Å². The summed E-state index contributed by atoms with van der Waals surface area (Å²) < 4.78 is 13.2. The van der Waals surface area contributed by atoms with E-state index in [1.165, 1.54) is 12.1 Å². The molecule has 1 aliphatic carbocycles. The molecule has 0 bridgehead atoms. The van der Waals surface area contributed by atoms with Crippen molar-refractivity contribution in [2.75, 3.05) is 37.8 Å². The van der Waals surface area contributed by atoms with Crippen molar-refractivity contribution in [2.45, 2.75) is 25.2 Å². The smallest absolute Gasteiger partial charge is 0.224 e. The number of nitrogens with one attached hydrogen (secondary N) is 2. The standard InChI is InChI=1S/C18H23ClFN5/c1-25(2)9-3-8-21-18-23-16(12-4-5-12)11-17(24-18)22-15-7-6-13(20)10-14(15)19/h6-7,10-12H,3-5,8-9H2,1-2H3,(H2,21,22,23,24). The highest BCUT2D eigenvalue weighted by Crippen LogP contribution is 2.40. The minimum atomic E-state index is -0.361. The lowest BCUT2D eigenvalue weighted by Crippen LogP contribution is -2.17. The Bertz CT molecular complexity index is 733. The molecule has 0 radical (unpaired) electrons. The van der Waals surface area contributed by atoms with Gasteiger partial charge in [-0.1, -0.05) is 11.6 Å². The van der Waals surface area contributed by atoms with Crippen molar-refractivity contribution in [1.29, 1.82) is 0 Å². The molecule has 0 spiro atoms. The van der Waals surface area contributed by atoms with Crippen LogP contribution >= 0.6 is 11.6 Å². The van der Waals surface area contributed by atoms with Gasteiger partial charge in [0.25, 0.3) is 0 Å². The molecular weight excluding hydrogens is 341 g/mol. The van der Waals surface area contributed by atoms with Gasteiger partial charge in [-0.25, -0.2) is 9.37 Å². The zero-order chi connectivity index (χ0) is 17.8. The van der Waals surface area contributed by atoms with Crippen LogP contribution < -0.4 is 10.6 Å². The zero-order valence-corrected chi connectivity index (χ0v) is 15.3. The van der Waals surface area contributed by atoms with Gasteiger partial charge >= 0.3 is 0 Å². The van der Waals surface area contributed by atoms with E-state index in [1.807, 2.05) is 6.07 Å². The molecule has 0 amide bonds. The van der Waals surface area contributed by atoms with Crippen molar-refractivity contribution in [2.24, 2.45) is 0 Å². The molecule has 134 valence electrons. The van der Waals surface area contributed by atoms with Crippen LogP contribution in [0.1, 0.15) is 30.9 Å². The summed E-state index contributed by atoms with van der Waals surface area (Å²) >= 11 is 6.10. The van der Waals surface area contributed by atoms with Gasteiger partial charge in [0, 0.05) is 18.5 Å². The minimum absolute atomic E-state index is 0.326. The first-order valence-corrected chi connectivity index (χ1v) is 8.89. The Kier molecular flexibility index (Phi) is 5.71. The zero-order valence-electron chi connectivity index (χ0n) is 14.5.